The van der Waals surface area contributed by atoms with E-state index < -0.39 is 0 Å². The van der Waals surface area contributed by atoms with Crippen LogP contribution in [0.2, 0.25) is 0 Å². The second kappa shape index (κ2) is 3.60. The predicted molar refractivity (Wildman–Crippen MR) is 56.2 cm³/mol. The summed E-state index contributed by atoms with van der Waals surface area (Å²) in [6.45, 7) is 10.3. The first-order valence-corrected chi connectivity index (χ1v) is 4.36. The van der Waals surface area contributed by atoms with Crippen molar-refractivity contribution >= 4 is 5.70 Å². The van der Waals surface area contributed by atoms with Gasteiger partial charge in [-0.3, -0.25) is 4.98 Å². The average Bonchev–Trinajstić information content (AvgIpc) is 2.03. The molecule has 70 valence electrons. The maximum Gasteiger partial charge on any atom is 0.0360 e. The van der Waals surface area contributed by atoms with Crippen LogP contribution < -0.4 is 5.32 Å². The third kappa shape index (κ3) is 3.28. The Balaban J connectivity index is 2.71. The van der Waals surface area contributed by atoms with E-state index in [1.807, 2.05) is 12.1 Å². The zero-order chi connectivity index (χ0) is 9.90. The van der Waals surface area contributed by atoms with E-state index in [-0.39, 0.29) is 5.54 Å². The first-order chi connectivity index (χ1) is 5.99. The van der Waals surface area contributed by atoms with Gasteiger partial charge in [0.25, 0.3) is 0 Å². The maximum atomic E-state index is 4.03. The van der Waals surface area contributed by atoms with Crippen LogP contribution in [-0.2, 0) is 0 Å². The van der Waals surface area contributed by atoms with Gasteiger partial charge in [0.05, 0.1) is 0 Å². The molecule has 0 fully saturated rings. The van der Waals surface area contributed by atoms with Gasteiger partial charge in [-0.15, -0.1) is 0 Å². The molecular formula is C11H16N2. The summed E-state index contributed by atoms with van der Waals surface area (Å²) >= 11 is 0. The number of hydrogen-bond acceptors (Lipinski definition) is 2. The Morgan fingerprint density at radius 1 is 1.46 bits per heavy atom. The monoisotopic (exact) mass is 176 g/mol. The van der Waals surface area contributed by atoms with Gasteiger partial charge in [-0.25, -0.2) is 0 Å². The lowest BCUT2D eigenvalue weighted by Gasteiger charge is -2.23. The van der Waals surface area contributed by atoms with Gasteiger partial charge in [-0.1, -0.05) is 6.58 Å². The molecule has 1 rings (SSSR count). The number of rotatable bonds is 2. The standard InChI is InChI=1S/C11H16N2/c1-9(13-11(2,3)4)10-6-5-7-12-8-10/h5-8,13H,1H2,2-4H3. The largest absolute Gasteiger partial charge is 0.380 e. The summed E-state index contributed by atoms with van der Waals surface area (Å²) in [6, 6.07) is 3.90. The molecule has 0 bridgehead atoms. The minimum Gasteiger partial charge on any atom is -0.380 e. The molecule has 0 aliphatic carbocycles. The molecule has 0 spiro atoms. The molecule has 0 saturated carbocycles. The van der Waals surface area contributed by atoms with E-state index in [0.29, 0.717) is 0 Å². The highest BCUT2D eigenvalue weighted by Gasteiger charge is 2.10. The van der Waals surface area contributed by atoms with Crippen LogP contribution in [0.1, 0.15) is 26.3 Å². The van der Waals surface area contributed by atoms with Crippen molar-refractivity contribution < 1.29 is 0 Å². The Bertz CT molecular complexity index is 283. The van der Waals surface area contributed by atoms with Crippen LogP contribution >= 0.6 is 0 Å². The Labute approximate surface area is 79.7 Å². The van der Waals surface area contributed by atoms with Gasteiger partial charge in [-0.05, 0) is 32.9 Å². The summed E-state index contributed by atoms with van der Waals surface area (Å²) in [7, 11) is 0. The zero-order valence-electron chi connectivity index (χ0n) is 8.46. The first-order valence-electron chi connectivity index (χ1n) is 4.36. The topological polar surface area (TPSA) is 24.9 Å². The molecule has 13 heavy (non-hydrogen) atoms. The number of pyridine rings is 1. The van der Waals surface area contributed by atoms with Gasteiger partial charge in [0.2, 0.25) is 0 Å². The van der Waals surface area contributed by atoms with Gasteiger partial charge in [0, 0.05) is 29.2 Å². The quantitative estimate of drug-likeness (QED) is 0.748. The van der Waals surface area contributed by atoms with Crippen molar-refractivity contribution in [1.29, 1.82) is 0 Å². The van der Waals surface area contributed by atoms with E-state index in [0.717, 1.165) is 11.3 Å². The van der Waals surface area contributed by atoms with E-state index in [4.69, 9.17) is 0 Å². The highest BCUT2D eigenvalue weighted by molar-refractivity contribution is 5.61. The number of nitrogens with one attached hydrogen (secondary N) is 1. The Morgan fingerprint density at radius 2 is 2.15 bits per heavy atom. The molecule has 0 aliphatic rings. The minimum atomic E-state index is 0.0485. The third-order valence-electron chi connectivity index (χ3n) is 1.54. The fourth-order valence-corrected chi connectivity index (χ4v) is 1.07. The first kappa shape index (κ1) is 9.78. The lowest BCUT2D eigenvalue weighted by molar-refractivity contribution is 0.502. The third-order valence-corrected chi connectivity index (χ3v) is 1.54. The molecular weight excluding hydrogens is 160 g/mol. The molecule has 0 amide bonds. The Kier molecular flexibility index (Phi) is 2.71. The second-order valence-corrected chi connectivity index (χ2v) is 4.10. The number of hydrogen-bond donors (Lipinski definition) is 1. The minimum absolute atomic E-state index is 0.0485. The van der Waals surface area contributed by atoms with Crippen LogP contribution in [0.4, 0.5) is 0 Å². The molecule has 0 radical (unpaired) electrons. The van der Waals surface area contributed by atoms with Crippen LogP contribution in [0.15, 0.2) is 31.1 Å². The van der Waals surface area contributed by atoms with Gasteiger partial charge in [0.15, 0.2) is 0 Å². The van der Waals surface area contributed by atoms with E-state index in [1.54, 1.807) is 12.4 Å². The lowest BCUT2D eigenvalue weighted by Crippen LogP contribution is -2.33. The predicted octanol–water partition coefficient (Wildman–Crippen LogP) is 2.44. The molecule has 0 atom stereocenters. The fourth-order valence-electron chi connectivity index (χ4n) is 1.07. The molecule has 1 aromatic rings. The van der Waals surface area contributed by atoms with Crippen molar-refractivity contribution in [2.45, 2.75) is 26.3 Å². The van der Waals surface area contributed by atoms with Crippen LogP contribution in [0.3, 0.4) is 0 Å². The normalized spacial score (nSPS) is 11.0. The van der Waals surface area contributed by atoms with Gasteiger partial charge in [0.1, 0.15) is 0 Å². The van der Waals surface area contributed by atoms with Gasteiger partial charge >= 0.3 is 0 Å². The molecule has 1 N–H and O–H groups in total. The van der Waals surface area contributed by atoms with Gasteiger partial charge in [-0.2, -0.15) is 0 Å². The average molecular weight is 176 g/mol. The fraction of sp³-hybridized carbons (Fsp3) is 0.364. The molecule has 2 nitrogen and oxygen atoms in total. The second-order valence-electron chi connectivity index (χ2n) is 4.10. The van der Waals surface area contributed by atoms with E-state index in [9.17, 15) is 0 Å². The molecule has 2 heteroatoms. The van der Waals surface area contributed by atoms with Crippen molar-refractivity contribution in [3.63, 3.8) is 0 Å². The Hall–Kier alpha value is -1.31. The SMILES string of the molecule is C=C(NC(C)(C)C)c1cccnc1. The Morgan fingerprint density at radius 3 is 2.62 bits per heavy atom. The molecule has 1 heterocycles. The van der Waals surface area contributed by atoms with Crippen LogP contribution in [-0.4, -0.2) is 10.5 Å². The highest BCUT2D eigenvalue weighted by Crippen LogP contribution is 2.11. The molecule has 0 unspecified atom stereocenters. The summed E-state index contributed by atoms with van der Waals surface area (Å²) in [5, 5.41) is 3.30. The van der Waals surface area contributed by atoms with Crippen LogP contribution in [0.25, 0.3) is 5.70 Å². The van der Waals surface area contributed by atoms with Crippen LogP contribution in [0.5, 0.6) is 0 Å². The van der Waals surface area contributed by atoms with Crippen LogP contribution in [0, 0.1) is 0 Å². The van der Waals surface area contributed by atoms with E-state index >= 15 is 0 Å². The summed E-state index contributed by atoms with van der Waals surface area (Å²) in [5.41, 5.74) is 2.01. The van der Waals surface area contributed by atoms with E-state index in [2.05, 4.69) is 37.7 Å². The number of aromatic nitrogens is 1. The smallest absolute Gasteiger partial charge is 0.0360 e. The molecule has 0 saturated heterocycles. The lowest BCUT2D eigenvalue weighted by atomic mass is 10.1. The molecule has 0 aromatic carbocycles. The summed E-state index contributed by atoms with van der Waals surface area (Å²) in [6.07, 6.45) is 3.56. The number of nitrogens with zero attached hydrogens (tertiary/aromatic N) is 1. The maximum absolute atomic E-state index is 4.03. The van der Waals surface area contributed by atoms with Crippen molar-refractivity contribution in [1.82, 2.24) is 10.3 Å². The van der Waals surface area contributed by atoms with Crippen molar-refractivity contribution in [2.24, 2.45) is 0 Å². The molecule has 1 aromatic heterocycles. The molecule has 0 aliphatic heterocycles. The van der Waals surface area contributed by atoms with Gasteiger partial charge < -0.3 is 5.32 Å². The summed E-state index contributed by atoms with van der Waals surface area (Å²) in [4.78, 5) is 4.03. The highest BCUT2D eigenvalue weighted by atomic mass is 15.0. The van der Waals surface area contributed by atoms with Crippen molar-refractivity contribution in [3.05, 3.63) is 36.7 Å². The zero-order valence-corrected chi connectivity index (χ0v) is 8.46. The van der Waals surface area contributed by atoms with Crippen molar-refractivity contribution in [3.8, 4) is 0 Å². The van der Waals surface area contributed by atoms with Crippen molar-refractivity contribution in [2.75, 3.05) is 0 Å². The summed E-state index contributed by atoms with van der Waals surface area (Å²) in [5.74, 6) is 0. The van der Waals surface area contributed by atoms with E-state index in [1.165, 1.54) is 0 Å². The summed E-state index contributed by atoms with van der Waals surface area (Å²) < 4.78 is 0.